The summed E-state index contributed by atoms with van der Waals surface area (Å²) < 4.78 is 7.24. The van der Waals surface area contributed by atoms with E-state index >= 15 is 0 Å². The van der Waals surface area contributed by atoms with Gasteiger partial charge in [-0.3, -0.25) is 9.48 Å². The van der Waals surface area contributed by atoms with Gasteiger partial charge < -0.3 is 20.9 Å². The Morgan fingerprint density at radius 2 is 2.28 bits per heavy atom. The van der Waals surface area contributed by atoms with Crippen LogP contribution >= 0.6 is 0 Å². The van der Waals surface area contributed by atoms with Crippen LogP contribution in [0.5, 0.6) is 0 Å². The maximum absolute atomic E-state index is 11.9. The number of hydrogen-bond donors (Lipinski definition) is 3. The lowest BCUT2D eigenvalue weighted by Gasteiger charge is -2.17. The van der Waals surface area contributed by atoms with Gasteiger partial charge in [0.25, 0.3) is 5.91 Å². The maximum atomic E-state index is 11.9. The molecule has 1 aromatic carbocycles. The van der Waals surface area contributed by atoms with E-state index in [2.05, 4.69) is 16.5 Å². The van der Waals surface area contributed by atoms with Gasteiger partial charge in [-0.2, -0.15) is 10.4 Å². The number of aromatic nitrogens is 2. The van der Waals surface area contributed by atoms with Crippen molar-refractivity contribution in [3.8, 4) is 6.07 Å². The molecule has 0 aliphatic heterocycles. The molecule has 3 rings (SSSR count). The second kappa shape index (κ2) is 8.64. The van der Waals surface area contributed by atoms with E-state index in [1.807, 2.05) is 24.3 Å². The zero-order chi connectivity index (χ0) is 21.0. The van der Waals surface area contributed by atoms with Crippen LogP contribution in [0.1, 0.15) is 55.1 Å². The van der Waals surface area contributed by atoms with E-state index in [1.165, 1.54) is 0 Å². The fourth-order valence-electron chi connectivity index (χ4n) is 3.18. The van der Waals surface area contributed by atoms with Crippen molar-refractivity contribution in [1.82, 2.24) is 9.78 Å². The van der Waals surface area contributed by atoms with Crippen LogP contribution < -0.4 is 11.1 Å². The number of carbonyl (C=O) groups excluding carboxylic acids is 1. The number of nitrogens with two attached hydrogens (primary N) is 1. The highest BCUT2D eigenvalue weighted by molar-refractivity contribution is 5.98. The Hall–Kier alpha value is -2.89. The monoisotopic (exact) mass is 397 g/mol. The number of ether oxygens (including phenoxy) is 1. The number of rotatable bonds is 10. The molecule has 4 N–H and O–H groups in total. The highest BCUT2D eigenvalue weighted by Crippen LogP contribution is 2.41. The maximum Gasteiger partial charge on any atom is 0.254 e. The van der Waals surface area contributed by atoms with Crippen LogP contribution in [0, 0.1) is 17.2 Å². The summed E-state index contributed by atoms with van der Waals surface area (Å²) in [6, 6.07) is 9.69. The lowest BCUT2D eigenvalue weighted by atomic mass is 10.1. The van der Waals surface area contributed by atoms with Gasteiger partial charge in [-0.15, -0.1) is 0 Å². The van der Waals surface area contributed by atoms with E-state index in [0.29, 0.717) is 24.8 Å². The third-order valence-electron chi connectivity index (χ3n) is 4.72. The molecule has 1 fully saturated rings. The van der Waals surface area contributed by atoms with Crippen LogP contribution in [-0.2, 0) is 11.3 Å². The Labute approximate surface area is 170 Å². The van der Waals surface area contributed by atoms with Gasteiger partial charge >= 0.3 is 0 Å². The fraction of sp³-hybridized carbons (Fsp3) is 0.476. The Morgan fingerprint density at radius 3 is 2.90 bits per heavy atom. The van der Waals surface area contributed by atoms with Crippen molar-refractivity contribution in [2.45, 2.75) is 51.4 Å². The number of primary amides is 1. The summed E-state index contributed by atoms with van der Waals surface area (Å²) in [5, 5.41) is 26.5. The molecule has 1 aromatic heterocycles. The van der Waals surface area contributed by atoms with Crippen molar-refractivity contribution in [1.29, 1.82) is 5.26 Å². The molecule has 1 saturated carbocycles. The van der Waals surface area contributed by atoms with Gasteiger partial charge in [0.2, 0.25) is 0 Å². The number of nitrogens with one attached hydrogen (secondary N) is 1. The van der Waals surface area contributed by atoms with Gasteiger partial charge in [-0.1, -0.05) is 12.1 Å². The van der Waals surface area contributed by atoms with Crippen molar-refractivity contribution in [3.63, 3.8) is 0 Å². The Kier molecular flexibility index (Phi) is 6.20. The van der Waals surface area contributed by atoms with E-state index in [1.54, 1.807) is 24.7 Å². The van der Waals surface area contributed by atoms with E-state index in [4.69, 9.17) is 15.7 Å². The fourth-order valence-corrected chi connectivity index (χ4v) is 3.18. The van der Waals surface area contributed by atoms with Crippen molar-refractivity contribution < 1.29 is 14.6 Å². The predicted octanol–water partition coefficient (Wildman–Crippen LogP) is 2.88. The van der Waals surface area contributed by atoms with Crippen LogP contribution in [0.15, 0.2) is 30.5 Å². The standard InChI is InChI=1S/C21H27N5O3/c1-21(2,28)13-29-12-14-4-3-5-16(10-14)24-20-17(19(23)27)11-26(25-20)18(8-9-22)15-6-7-15/h3-5,10-11,15,18,28H,6-8,12-13H2,1-2H3,(H2,23,27)(H,24,25). The normalized spacial score (nSPS) is 15.0. The van der Waals surface area contributed by atoms with Crippen LogP contribution in [0.3, 0.4) is 0 Å². The average molecular weight is 397 g/mol. The van der Waals surface area contributed by atoms with Gasteiger partial charge in [-0.25, -0.2) is 0 Å². The molecule has 154 valence electrons. The molecule has 1 heterocycles. The largest absolute Gasteiger partial charge is 0.388 e. The number of nitriles is 1. The Balaban J connectivity index is 1.76. The minimum absolute atomic E-state index is 0.0461. The number of amides is 1. The summed E-state index contributed by atoms with van der Waals surface area (Å²) in [7, 11) is 0. The predicted molar refractivity (Wildman–Crippen MR) is 108 cm³/mol. The Morgan fingerprint density at radius 1 is 1.52 bits per heavy atom. The second-order valence-corrected chi connectivity index (χ2v) is 8.13. The smallest absolute Gasteiger partial charge is 0.254 e. The van der Waals surface area contributed by atoms with Crippen LogP contribution in [-0.4, -0.2) is 33.0 Å². The number of anilines is 2. The minimum Gasteiger partial charge on any atom is -0.388 e. The lowest BCUT2D eigenvalue weighted by Crippen LogP contribution is -2.25. The first-order valence-corrected chi connectivity index (χ1v) is 9.69. The highest BCUT2D eigenvalue weighted by atomic mass is 16.5. The molecular formula is C21H27N5O3. The highest BCUT2D eigenvalue weighted by Gasteiger charge is 2.33. The summed E-state index contributed by atoms with van der Waals surface area (Å²) in [4.78, 5) is 11.9. The van der Waals surface area contributed by atoms with Gasteiger partial charge in [0, 0.05) is 11.9 Å². The summed E-state index contributed by atoms with van der Waals surface area (Å²) in [5.41, 5.74) is 6.60. The number of carbonyl (C=O) groups is 1. The average Bonchev–Trinajstić information content (AvgIpc) is 3.39. The van der Waals surface area contributed by atoms with Crippen LogP contribution in [0.25, 0.3) is 0 Å². The molecule has 0 spiro atoms. The summed E-state index contributed by atoms with van der Waals surface area (Å²) in [6.07, 6.45) is 4.10. The third-order valence-corrected chi connectivity index (χ3v) is 4.72. The molecular weight excluding hydrogens is 370 g/mol. The zero-order valence-corrected chi connectivity index (χ0v) is 16.8. The van der Waals surface area contributed by atoms with E-state index in [0.717, 1.165) is 24.1 Å². The van der Waals surface area contributed by atoms with Gasteiger partial charge in [0.15, 0.2) is 5.82 Å². The van der Waals surface area contributed by atoms with Crippen molar-refractivity contribution in [2.24, 2.45) is 11.7 Å². The van der Waals surface area contributed by atoms with Crippen molar-refractivity contribution in [3.05, 3.63) is 41.6 Å². The van der Waals surface area contributed by atoms with Crippen LogP contribution in [0.2, 0.25) is 0 Å². The molecule has 8 nitrogen and oxygen atoms in total. The van der Waals surface area contributed by atoms with Gasteiger partial charge in [-0.05, 0) is 50.3 Å². The number of nitrogens with zero attached hydrogens (tertiary/aromatic N) is 3. The van der Waals surface area contributed by atoms with Gasteiger partial charge in [0.1, 0.15) is 5.56 Å². The molecule has 1 aliphatic carbocycles. The van der Waals surface area contributed by atoms with Gasteiger partial charge in [0.05, 0.1) is 37.3 Å². The third kappa shape index (κ3) is 5.79. The molecule has 1 aliphatic rings. The zero-order valence-electron chi connectivity index (χ0n) is 16.8. The molecule has 29 heavy (non-hydrogen) atoms. The number of benzene rings is 1. The lowest BCUT2D eigenvalue weighted by molar-refractivity contribution is -0.0268. The molecule has 1 amide bonds. The molecule has 0 radical (unpaired) electrons. The van der Waals surface area contributed by atoms with E-state index < -0.39 is 11.5 Å². The first kappa shape index (κ1) is 20.8. The van der Waals surface area contributed by atoms with Crippen LogP contribution in [0.4, 0.5) is 11.5 Å². The minimum atomic E-state index is -0.888. The molecule has 1 atom stereocenters. The number of aliphatic hydroxyl groups is 1. The summed E-state index contributed by atoms with van der Waals surface area (Å²) >= 11 is 0. The van der Waals surface area contributed by atoms with E-state index in [9.17, 15) is 9.90 Å². The molecule has 8 heteroatoms. The first-order valence-electron chi connectivity index (χ1n) is 9.69. The topological polar surface area (TPSA) is 126 Å². The summed E-state index contributed by atoms with van der Waals surface area (Å²) in [5.74, 6) is 0.213. The summed E-state index contributed by atoms with van der Waals surface area (Å²) in [6.45, 7) is 3.95. The number of hydrogen-bond acceptors (Lipinski definition) is 6. The second-order valence-electron chi connectivity index (χ2n) is 8.13. The van der Waals surface area contributed by atoms with Crippen molar-refractivity contribution in [2.75, 3.05) is 11.9 Å². The molecule has 0 saturated heterocycles. The SMILES string of the molecule is CC(C)(O)COCc1cccc(Nc2nn(C(CC#N)C3CC3)cc2C(N)=O)c1. The van der Waals surface area contributed by atoms with E-state index in [-0.39, 0.29) is 18.2 Å². The quantitative estimate of drug-likeness (QED) is 0.566. The Bertz CT molecular complexity index is 906. The molecule has 2 aromatic rings. The molecule has 1 unspecified atom stereocenters. The first-order chi connectivity index (χ1) is 13.8. The molecule has 0 bridgehead atoms. The van der Waals surface area contributed by atoms with Crippen molar-refractivity contribution >= 4 is 17.4 Å².